The second kappa shape index (κ2) is 9.29. The summed E-state index contributed by atoms with van der Waals surface area (Å²) in [5.41, 5.74) is 1.50. The molecule has 2 fully saturated rings. The number of ether oxygens (including phenoxy) is 1. The van der Waals surface area contributed by atoms with E-state index in [4.69, 9.17) is 9.73 Å². The highest BCUT2D eigenvalue weighted by Crippen LogP contribution is 2.34. The van der Waals surface area contributed by atoms with E-state index in [9.17, 15) is 0 Å². The first-order chi connectivity index (χ1) is 13.4. The van der Waals surface area contributed by atoms with Crippen molar-refractivity contribution in [2.24, 2.45) is 29.3 Å². The fourth-order valence-corrected chi connectivity index (χ4v) is 4.72. The maximum Gasteiger partial charge on any atom is 0.193 e. The number of guanidine groups is 1. The number of aryl methyl sites for hydroxylation is 1. The zero-order valence-corrected chi connectivity index (χ0v) is 18.4. The summed E-state index contributed by atoms with van der Waals surface area (Å²) < 4.78 is 8.04. The molecule has 0 spiro atoms. The minimum atomic E-state index is 0.168. The van der Waals surface area contributed by atoms with Gasteiger partial charge in [-0.2, -0.15) is 5.10 Å². The maximum atomic E-state index is 6.15. The molecule has 1 aromatic heterocycles. The molecule has 2 aliphatic heterocycles. The summed E-state index contributed by atoms with van der Waals surface area (Å²) in [5.74, 6) is 2.26. The fourth-order valence-electron chi connectivity index (χ4n) is 4.72. The summed E-state index contributed by atoms with van der Waals surface area (Å²) in [5, 5.41) is 7.83. The van der Waals surface area contributed by atoms with Crippen LogP contribution in [-0.2, 0) is 18.2 Å². The first kappa shape index (κ1) is 21.2. The van der Waals surface area contributed by atoms with Crippen LogP contribution in [0, 0.1) is 17.3 Å². The van der Waals surface area contributed by atoms with Crippen LogP contribution in [0.5, 0.6) is 0 Å². The van der Waals surface area contributed by atoms with Crippen LogP contribution in [-0.4, -0.2) is 59.5 Å². The van der Waals surface area contributed by atoms with Crippen molar-refractivity contribution in [3.05, 3.63) is 18.0 Å². The molecule has 6 nitrogen and oxygen atoms in total. The highest BCUT2D eigenvalue weighted by atomic mass is 16.5. The number of nitrogens with zero attached hydrogens (tertiary/aromatic N) is 4. The van der Waals surface area contributed by atoms with Crippen LogP contribution in [0.3, 0.4) is 0 Å². The number of aromatic nitrogens is 2. The van der Waals surface area contributed by atoms with Crippen molar-refractivity contribution in [3.8, 4) is 0 Å². The summed E-state index contributed by atoms with van der Waals surface area (Å²) in [6.07, 6.45) is 9.12. The summed E-state index contributed by atoms with van der Waals surface area (Å²) >= 11 is 0. The standard InChI is InChI=1S/C22H39N5O/c1-6-23-21(24-14-19-8-7-11-28-20(19)22(2,3)4)27-10-9-17(16-27)12-18-13-25-26(5)15-18/h13,15,17,19-20H,6-12,14,16H2,1-5H3,(H,23,24). The molecule has 3 heterocycles. The zero-order valence-electron chi connectivity index (χ0n) is 18.4. The maximum absolute atomic E-state index is 6.15. The minimum absolute atomic E-state index is 0.168. The Morgan fingerprint density at radius 1 is 1.36 bits per heavy atom. The van der Waals surface area contributed by atoms with Gasteiger partial charge in [0.15, 0.2) is 5.96 Å². The molecular weight excluding hydrogens is 350 g/mol. The molecule has 0 amide bonds. The SMILES string of the molecule is CCNC(=NCC1CCCOC1C(C)(C)C)N1CCC(Cc2cnn(C)c2)C1. The molecule has 2 aliphatic rings. The second-order valence-electron chi connectivity index (χ2n) is 9.58. The van der Waals surface area contributed by atoms with Crippen molar-refractivity contribution >= 4 is 5.96 Å². The van der Waals surface area contributed by atoms with E-state index in [-0.39, 0.29) is 5.41 Å². The van der Waals surface area contributed by atoms with E-state index in [0.717, 1.165) is 51.6 Å². The van der Waals surface area contributed by atoms with Gasteiger partial charge < -0.3 is 15.0 Å². The van der Waals surface area contributed by atoms with Crippen LogP contribution in [0.2, 0.25) is 0 Å². The van der Waals surface area contributed by atoms with Gasteiger partial charge in [0.05, 0.1) is 12.3 Å². The molecule has 0 saturated carbocycles. The van der Waals surface area contributed by atoms with E-state index in [1.165, 1.54) is 18.4 Å². The lowest BCUT2D eigenvalue weighted by molar-refractivity contribution is -0.0824. The van der Waals surface area contributed by atoms with E-state index in [1.807, 2.05) is 17.9 Å². The van der Waals surface area contributed by atoms with Crippen molar-refractivity contribution in [3.63, 3.8) is 0 Å². The van der Waals surface area contributed by atoms with Crippen molar-refractivity contribution in [2.75, 3.05) is 32.8 Å². The molecule has 3 rings (SSSR count). The quantitative estimate of drug-likeness (QED) is 0.621. The van der Waals surface area contributed by atoms with Gasteiger partial charge in [0, 0.05) is 51.9 Å². The molecule has 6 heteroatoms. The van der Waals surface area contributed by atoms with Gasteiger partial charge in [-0.15, -0.1) is 0 Å². The Hall–Kier alpha value is -1.56. The lowest BCUT2D eigenvalue weighted by atomic mass is 9.78. The Bertz CT molecular complexity index is 648. The average Bonchev–Trinajstić information content (AvgIpc) is 3.27. The Morgan fingerprint density at radius 2 is 2.18 bits per heavy atom. The molecule has 2 saturated heterocycles. The summed E-state index contributed by atoms with van der Waals surface area (Å²) in [4.78, 5) is 7.51. The van der Waals surface area contributed by atoms with Gasteiger partial charge in [0.1, 0.15) is 0 Å². The third kappa shape index (κ3) is 5.49. The van der Waals surface area contributed by atoms with Crippen LogP contribution < -0.4 is 5.32 Å². The third-order valence-corrected chi connectivity index (χ3v) is 5.98. The lowest BCUT2D eigenvalue weighted by Gasteiger charge is -2.39. The number of likely N-dealkylation sites (tertiary alicyclic amines) is 1. The molecule has 1 aromatic rings. The van der Waals surface area contributed by atoms with Crippen molar-refractivity contribution in [1.29, 1.82) is 0 Å². The smallest absolute Gasteiger partial charge is 0.193 e. The Morgan fingerprint density at radius 3 is 2.86 bits per heavy atom. The molecule has 0 radical (unpaired) electrons. The fraction of sp³-hybridized carbons (Fsp3) is 0.818. The molecular formula is C22H39N5O. The molecule has 0 bridgehead atoms. The predicted molar refractivity (Wildman–Crippen MR) is 114 cm³/mol. The number of aliphatic imine (C=N–C) groups is 1. The molecule has 0 aliphatic carbocycles. The van der Waals surface area contributed by atoms with E-state index >= 15 is 0 Å². The molecule has 28 heavy (non-hydrogen) atoms. The molecule has 0 aromatic carbocycles. The number of nitrogens with one attached hydrogen (secondary N) is 1. The number of rotatable bonds is 5. The van der Waals surface area contributed by atoms with Gasteiger partial charge in [-0.05, 0) is 49.5 Å². The topological polar surface area (TPSA) is 54.7 Å². The molecule has 3 atom stereocenters. The highest BCUT2D eigenvalue weighted by molar-refractivity contribution is 5.80. The van der Waals surface area contributed by atoms with Gasteiger partial charge in [-0.25, -0.2) is 0 Å². The van der Waals surface area contributed by atoms with E-state index in [1.54, 1.807) is 0 Å². The first-order valence-electron chi connectivity index (χ1n) is 11.0. The van der Waals surface area contributed by atoms with Crippen LogP contribution in [0.15, 0.2) is 17.4 Å². The lowest BCUT2D eigenvalue weighted by Crippen LogP contribution is -2.43. The minimum Gasteiger partial charge on any atom is -0.377 e. The van der Waals surface area contributed by atoms with Crippen LogP contribution in [0.1, 0.15) is 52.5 Å². The van der Waals surface area contributed by atoms with E-state index in [2.05, 4.69) is 49.2 Å². The second-order valence-corrected chi connectivity index (χ2v) is 9.58. The van der Waals surface area contributed by atoms with Gasteiger partial charge in [-0.3, -0.25) is 9.67 Å². The third-order valence-electron chi connectivity index (χ3n) is 5.98. The Kier molecular flexibility index (Phi) is 7.02. The van der Waals surface area contributed by atoms with Crippen LogP contribution in [0.25, 0.3) is 0 Å². The van der Waals surface area contributed by atoms with Crippen molar-refractivity contribution in [1.82, 2.24) is 20.0 Å². The number of hydrogen-bond acceptors (Lipinski definition) is 3. The normalized spacial score (nSPS) is 26.7. The summed E-state index contributed by atoms with van der Waals surface area (Å²) in [6, 6.07) is 0. The molecule has 1 N–H and O–H groups in total. The van der Waals surface area contributed by atoms with Crippen molar-refractivity contribution in [2.45, 2.75) is 59.5 Å². The van der Waals surface area contributed by atoms with Gasteiger partial charge in [-0.1, -0.05) is 20.8 Å². The van der Waals surface area contributed by atoms with Crippen LogP contribution in [0.4, 0.5) is 0 Å². The largest absolute Gasteiger partial charge is 0.377 e. The van der Waals surface area contributed by atoms with Gasteiger partial charge in [0.25, 0.3) is 0 Å². The van der Waals surface area contributed by atoms with Crippen molar-refractivity contribution < 1.29 is 4.74 Å². The van der Waals surface area contributed by atoms with Gasteiger partial charge in [0.2, 0.25) is 0 Å². The molecule has 158 valence electrons. The molecule has 3 unspecified atom stereocenters. The van der Waals surface area contributed by atoms with Gasteiger partial charge >= 0.3 is 0 Å². The Labute approximate surface area is 170 Å². The average molecular weight is 390 g/mol. The number of hydrogen-bond donors (Lipinski definition) is 1. The summed E-state index contributed by atoms with van der Waals surface area (Å²) in [6.45, 7) is 13.8. The Balaban J connectivity index is 1.60. The van der Waals surface area contributed by atoms with E-state index < -0.39 is 0 Å². The highest BCUT2D eigenvalue weighted by Gasteiger charge is 2.35. The zero-order chi connectivity index (χ0) is 20.1. The van der Waals surface area contributed by atoms with Crippen LogP contribution >= 0.6 is 0 Å². The first-order valence-corrected chi connectivity index (χ1v) is 11.0. The monoisotopic (exact) mass is 389 g/mol. The summed E-state index contributed by atoms with van der Waals surface area (Å²) in [7, 11) is 1.99. The predicted octanol–water partition coefficient (Wildman–Crippen LogP) is 3.09. The van der Waals surface area contributed by atoms with E-state index in [0.29, 0.717) is 17.9 Å².